The number of ether oxygens (including phenoxy) is 1. The van der Waals surface area contributed by atoms with Gasteiger partial charge in [-0.15, -0.1) is 0 Å². The second-order valence-electron chi connectivity index (χ2n) is 7.86. The zero-order valence-corrected chi connectivity index (χ0v) is 15.9. The summed E-state index contributed by atoms with van der Waals surface area (Å²) in [6.07, 6.45) is 8.98. The van der Waals surface area contributed by atoms with E-state index in [0.717, 1.165) is 12.8 Å². The van der Waals surface area contributed by atoms with E-state index >= 15 is 0 Å². The fourth-order valence-electron chi connectivity index (χ4n) is 3.52. The highest BCUT2D eigenvalue weighted by Crippen LogP contribution is 2.25. The van der Waals surface area contributed by atoms with Gasteiger partial charge in [0.1, 0.15) is 5.75 Å². The lowest BCUT2D eigenvalue weighted by atomic mass is 9.84. The number of aromatic nitrogens is 1. The maximum absolute atomic E-state index is 11.7. The van der Waals surface area contributed by atoms with Gasteiger partial charge in [0.2, 0.25) is 0 Å². The summed E-state index contributed by atoms with van der Waals surface area (Å²) < 4.78 is 6.08. The number of rotatable bonds is 8. The number of nitrogens with zero attached hydrogens (tertiary/aromatic N) is 1. The highest BCUT2D eigenvalue weighted by molar-refractivity contribution is 5.78. The van der Waals surface area contributed by atoms with Crippen molar-refractivity contribution in [2.45, 2.75) is 83.0 Å². The molecule has 1 aromatic rings. The third kappa shape index (κ3) is 5.68. The van der Waals surface area contributed by atoms with Gasteiger partial charge in [-0.05, 0) is 44.1 Å². The number of carbonyl (C=O) groups is 1. The second-order valence-corrected chi connectivity index (χ2v) is 7.86. The Morgan fingerprint density at radius 1 is 1.35 bits per heavy atom. The van der Waals surface area contributed by atoms with Crippen LogP contribution in [0.25, 0.3) is 0 Å². The molecule has 146 valence electrons. The van der Waals surface area contributed by atoms with Crippen molar-refractivity contribution in [2.75, 3.05) is 0 Å². The molecule has 2 atom stereocenters. The van der Waals surface area contributed by atoms with Crippen LogP contribution in [-0.4, -0.2) is 38.9 Å². The van der Waals surface area contributed by atoms with Crippen molar-refractivity contribution in [3.8, 4) is 5.75 Å². The summed E-state index contributed by atoms with van der Waals surface area (Å²) in [6.45, 7) is 3.89. The fourth-order valence-corrected chi connectivity index (χ4v) is 3.52. The molecule has 6 heteroatoms. The minimum absolute atomic E-state index is 0.141. The Hall–Kier alpha value is -1.66. The highest BCUT2D eigenvalue weighted by Gasteiger charge is 2.43. The summed E-state index contributed by atoms with van der Waals surface area (Å²) in [5.74, 6) is -0.455. The first-order chi connectivity index (χ1) is 12.3. The number of aliphatic carboxylic acids is 1. The van der Waals surface area contributed by atoms with Gasteiger partial charge in [-0.3, -0.25) is 4.98 Å². The maximum atomic E-state index is 11.7. The molecule has 4 N–H and O–H groups in total. The molecule has 0 aromatic carbocycles. The van der Waals surface area contributed by atoms with Gasteiger partial charge >= 0.3 is 5.97 Å². The van der Waals surface area contributed by atoms with E-state index in [1.54, 1.807) is 18.3 Å². The average molecular weight is 364 g/mol. The predicted octanol–water partition coefficient (Wildman–Crippen LogP) is 2.91. The summed E-state index contributed by atoms with van der Waals surface area (Å²) in [7, 11) is 0. The molecule has 1 heterocycles. The quantitative estimate of drug-likeness (QED) is 0.613. The van der Waals surface area contributed by atoms with Crippen LogP contribution in [0.15, 0.2) is 18.3 Å². The Morgan fingerprint density at radius 2 is 2.00 bits per heavy atom. The molecule has 1 aliphatic rings. The minimum Gasteiger partial charge on any atom is -0.490 e. The van der Waals surface area contributed by atoms with Crippen LogP contribution >= 0.6 is 0 Å². The first-order valence-electron chi connectivity index (χ1n) is 9.64. The van der Waals surface area contributed by atoms with E-state index in [0.29, 0.717) is 17.9 Å². The van der Waals surface area contributed by atoms with Gasteiger partial charge in [0.15, 0.2) is 5.60 Å². The van der Waals surface area contributed by atoms with Gasteiger partial charge in [-0.1, -0.05) is 26.7 Å². The third-order valence-electron chi connectivity index (χ3n) is 5.05. The number of hydrogen-bond acceptors (Lipinski definition) is 5. The van der Waals surface area contributed by atoms with Crippen LogP contribution in [0.1, 0.15) is 64.5 Å². The van der Waals surface area contributed by atoms with Crippen LogP contribution in [0.4, 0.5) is 0 Å². The molecule has 1 fully saturated rings. The molecular formula is C20H32N2O4. The molecule has 0 spiro atoms. The summed E-state index contributed by atoms with van der Waals surface area (Å²) in [5.41, 5.74) is 4.45. The van der Waals surface area contributed by atoms with Crippen LogP contribution in [-0.2, 0) is 11.2 Å². The van der Waals surface area contributed by atoms with Gasteiger partial charge < -0.3 is 20.7 Å². The molecule has 0 amide bonds. The molecule has 1 aromatic heterocycles. The third-order valence-corrected chi connectivity index (χ3v) is 5.05. The Balaban J connectivity index is 2.10. The number of pyridine rings is 1. The summed E-state index contributed by atoms with van der Waals surface area (Å²) in [4.78, 5) is 15.9. The smallest absolute Gasteiger partial charge is 0.337 e. The summed E-state index contributed by atoms with van der Waals surface area (Å²) in [5, 5.41) is 20.3. The van der Waals surface area contributed by atoms with Gasteiger partial charge in [-0.2, -0.15) is 0 Å². The minimum atomic E-state index is -2.04. The van der Waals surface area contributed by atoms with Crippen molar-refractivity contribution < 1.29 is 19.7 Å². The van der Waals surface area contributed by atoms with Gasteiger partial charge in [0.25, 0.3) is 0 Å². The van der Waals surface area contributed by atoms with E-state index < -0.39 is 17.6 Å². The van der Waals surface area contributed by atoms with Crippen LogP contribution in [0.2, 0.25) is 0 Å². The van der Waals surface area contributed by atoms with E-state index in [2.05, 4.69) is 4.98 Å². The summed E-state index contributed by atoms with van der Waals surface area (Å²) in [6, 6.07) is 2.64. The number of carboxylic acid groups (broad SMARTS) is 1. The Labute approximate surface area is 155 Å². The molecule has 0 aliphatic heterocycles. The monoisotopic (exact) mass is 364 g/mol. The van der Waals surface area contributed by atoms with Crippen LogP contribution in [0, 0.1) is 5.92 Å². The number of nitrogens with two attached hydrogens (primary N) is 1. The van der Waals surface area contributed by atoms with E-state index in [4.69, 9.17) is 10.5 Å². The largest absolute Gasteiger partial charge is 0.490 e. The first kappa shape index (κ1) is 20.6. The van der Waals surface area contributed by atoms with Crippen LogP contribution in [0.5, 0.6) is 5.75 Å². The van der Waals surface area contributed by atoms with Gasteiger partial charge in [0.05, 0.1) is 6.10 Å². The van der Waals surface area contributed by atoms with Gasteiger partial charge in [0, 0.05) is 30.4 Å². The second kappa shape index (κ2) is 9.33. The van der Waals surface area contributed by atoms with Crippen molar-refractivity contribution in [1.82, 2.24) is 4.98 Å². The summed E-state index contributed by atoms with van der Waals surface area (Å²) >= 11 is 0. The van der Waals surface area contributed by atoms with Crippen molar-refractivity contribution in [3.63, 3.8) is 0 Å². The van der Waals surface area contributed by atoms with E-state index in [1.165, 1.54) is 25.7 Å². The lowest BCUT2D eigenvalue weighted by molar-refractivity contribution is -0.161. The van der Waals surface area contributed by atoms with Crippen molar-refractivity contribution in [1.29, 1.82) is 0 Å². The molecule has 0 bridgehead atoms. The van der Waals surface area contributed by atoms with E-state index in [1.807, 2.05) is 13.8 Å². The average Bonchev–Trinajstić information content (AvgIpc) is 2.83. The predicted molar refractivity (Wildman–Crippen MR) is 100 cm³/mol. The van der Waals surface area contributed by atoms with Crippen LogP contribution < -0.4 is 10.5 Å². The van der Waals surface area contributed by atoms with Crippen molar-refractivity contribution >= 4 is 5.97 Å². The van der Waals surface area contributed by atoms with Crippen LogP contribution in [0.3, 0.4) is 0 Å². The molecule has 26 heavy (non-hydrogen) atoms. The molecule has 0 radical (unpaired) electrons. The highest BCUT2D eigenvalue weighted by atomic mass is 16.5. The molecule has 2 rings (SSSR count). The molecular weight excluding hydrogens is 332 g/mol. The Morgan fingerprint density at radius 3 is 2.58 bits per heavy atom. The van der Waals surface area contributed by atoms with Crippen molar-refractivity contribution in [3.05, 3.63) is 24.0 Å². The number of aliphatic hydroxyl groups is 1. The lowest BCUT2D eigenvalue weighted by Gasteiger charge is -2.30. The standard InChI is InChI=1S/C20H32N2O4/c1-14(2)11-18(21)20(25,19(23)24)13-15-12-17(9-10-22-15)26-16-7-5-3-4-6-8-16/h9-10,12,14,16,18,25H,3-8,11,13,21H2,1-2H3,(H,23,24). The topological polar surface area (TPSA) is 106 Å². The van der Waals surface area contributed by atoms with Crippen molar-refractivity contribution in [2.24, 2.45) is 11.7 Å². The zero-order chi connectivity index (χ0) is 19.2. The Bertz CT molecular complexity index is 585. The number of carboxylic acids is 1. The van der Waals surface area contributed by atoms with E-state index in [-0.39, 0.29) is 18.4 Å². The fraction of sp³-hybridized carbons (Fsp3) is 0.700. The normalized spacial score (nSPS) is 19.6. The Kier molecular flexibility index (Phi) is 7.41. The molecule has 6 nitrogen and oxygen atoms in total. The zero-order valence-electron chi connectivity index (χ0n) is 15.9. The molecule has 2 unspecified atom stereocenters. The number of hydrogen-bond donors (Lipinski definition) is 3. The molecule has 1 saturated carbocycles. The lowest BCUT2D eigenvalue weighted by Crippen LogP contribution is -2.56. The first-order valence-corrected chi connectivity index (χ1v) is 9.64. The maximum Gasteiger partial charge on any atom is 0.337 e. The molecule has 1 aliphatic carbocycles. The molecule has 0 saturated heterocycles. The van der Waals surface area contributed by atoms with Gasteiger partial charge in [-0.25, -0.2) is 4.79 Å². The SMILES string of the molecule is CC(C)CC(N)C(O)(Cc1cc(OC2CCCCCC2)ccn1)C(=O)O. The van der Waals surface area contributed by atoms with E-state index in [9.17, 15) is 15.0 Å².